The summed E-state index contributed by atoms with van der Waals surface area (Å²) in [6, 6.07) is 10.9. The van der Waals surface area contributed by atoms with Gasteiger partial charge in [0.1, 0.15) is 12.4 Å². The van der Waals surface area contributed by atoms with Crippen LogP contribution in [0.15, 0.2) is 47.4 Å². The minimum atomic E-state index is -3.81. The van der Waals surface area contributed by atoms with E-state index in [1.165, 1.54) is 30.0 Å². The minimum absolute atomic E-state index is 0.0398. The summed E-state index contributed by atoms with van der Waals surface area (Å²) in [4.78, 5) is 13.3. The zero-order valence-electron chi connectivity index (χ0n) is 12.8. The van der Waals surface area contributed by atoms with Crippen molar-refractivity contribution >= 4 is 38.9 Å². The van der Waals surface area contributed by atoms with Crippen molar-refractivity contribution in [3.8, 4) is 5.75 Å². The molecule has 0 saturated heterocycles. The second-order valence-corrected chi connectivity index (χ2v) is 7.38. The van der Waals surface area contributed by atoms with E-state index in [0.717, 1.165) is 0 Å². The lowest BCUT2D eigenvalue weighted by atomic mass is 10.2. The summed E-state index contributed by atoms with van der Waals surface area (Å²) >= 11 is 5.87. The third-order valence-corrected chi connectivity index (χ3v) is 5.17. The maximum atomic E-state index is 12.6. The van der Waals surface area contributed by atoms with E-state index >= 15 is 0 Å². The Morgan fingerprint density at radius 1 is 1.25 bits per heavy atom. The lowest BCUT2D eigenvalue weighted by Crippen LogP contribution is -2.36. The van der Waals surface area contributed by atoms with Crippen LogP contribution in [-0.2, 0) is 14.8 Å². The molecule has 0 aromatic heterocycles. The van der Waals surface area contributed by atoms with Gasteiger partial charge < -0.3 is 9.64 Å². The second-order valence-electron chi connectivity index (χ2n) is 5.26. The van der Waals surface area contributed by atoms with E-state index in [1.807, 2.05) is 0 Å². The van der Waals surface area contributed by atoms with Crippen LogP contribution in [0.25, 0.3) is 0 Å². The topological polar surface area (TPSA) is 75.7 Å². The molecule has 24 heavy (non-hydrogen) atoms. The van der Waals surface area contributed by atoms with Gasteiger partial charge in [0.2, 0.25) is 5.91 Å². The lowest BCUT2D eigenvalue weighted by Gasteiger charge is -2.29. The fourth-order valence-corrected chi connectivity index (χ4v) is 3.72. The van der Waals surface area contributed by atoms with E-state index in [1.54, 1.807) is 24.3 Å². The Morgan fingerprint density at radius 3 is 2.75 bits per heavy atom. The van der Waals surface area contributed by atoms with Crippen molar-refractivity contribution in [2.75, 3.05) is 22.8 Å². The highest BCUT2D eigenvalue weighted by Gasteiger charge is 2.24. The summed E-state index contributed by atoms with van der Waals surface area (Å²) in [5, 5.41) is 0.428. The molecule has 1 aliphatic heterocycles. The highest BCUT2D eigenvalue weighted by atomic mass is 35.5. The molecule has 0 bridgehead atoms. The van der Waals surface area contributed by atoms with Gasteiger partial charge in [0, 0.05) is 11.9 Å². The molecule has 0 aliphatic carbocycles. The smallest absolute Gasteiger partial charge is 0.261 e. The molecule has 8 heteroatoms. The van der Waals surface area contributed by atoms with Crippen molar-refractivity contribution < 1.29 is 17.9 Å². The molecule has 126 valence electrons. The second kappa shape index (κ2) is 6.33. The van der Waals surface area contributed by atoms with Crippen LogP contribution in [-0.4, -0.2) is 27.5 Å². The number of carbonyl (C=O) groups is 1. The highest BCUT2D eigenvalue weighted by Crippen LogP contribution is 2.34. The largest absolute Gasteiger partial charge is 0.490 e. The van der Waals surface area contributed by atoms with Gasteiger partial charge in [-0.2, -0.15) is 0 Å². The van der Waals surface area contributed by atoms with E-state index in [2.05, 4.69) is 4.72 Å². The van der Waals surface area contributed by atoms with Crippen molar-refractivity contribution in [3.05, 3.63) is 47.5 Å². The molecule has 1 N–H and O–H groups in total. The van der Waals surface area contributed by atoms with Gasteiger partial charge in [-0.3, -0.25) is 9.52 Å². The number of benzene rings is 2. The standard InChI is InChI=1S/C16H15ClN2O4S/c1-11(20)19-7-8-23-16-6-5-14(10-15(16)19)24(21,22)18-13-4-2-3-12(17)9-13/h2-6,9-10,18H,7-8H2,1H3. The summed E-state index contributed by atoms with van der Waals surface area (Å²) in [7, 11) is -3.81. The van der Waals surface area contributed by atoms with Gasteiger partial charge in [-0.15, -0.1) is 0 Å². The first-order valence-corrected chi connectivity index (χ1v) is 9.06. The van der Waals surface area contributed by atoms with E-state index in [4.69, 9.17) is 16.3 Å². The number of halogens is 1. The number of amides is 1. The molecular formula is C16H15ClN2O4S. The van der Waals surface area contributed by atoms with Gasteiger partial charge in [0.05, 0.1) is 22.8 Å². The third-order valence-electron chi connectivity index (χ3n) is 3.56. The molecule has 6 nitrogen and oxygen atoms in total. The van der Waals surface area contributed by atoms with E-state index in [9.17, 15) is 13.2 Å². The molecule has 3 rings (SSSR count). The minimum Gasteiger partial charge on any atom is -0.490 e. The van der Waals surface area contributed by atoms with Gasteiger partial charge in [-0.25, -0.2) is 8.42 Å². The molecule has 0 fully saturated rings. The molecular weight excluding hydrogens is 352 g/mol. The summed E-state index contributed by atoms with van der Waals surface area (Å²) in [6.07, 6.45) is 0. The molecule has 1 amide bonds. The van der Waals surface area contributed by atoms with E-state index < -0.39 is 10.0 Å². The van der Waals surface area contributed by atoms with Gasteiger partial charge in [-0.1, -0.05) is 17.7 Å². The zero-order chi connectivity index (χ0) is 17.3. The van der Waals surface area contributed by atoms with Crippen molar-refractivity contribution in [1.29, 1.82) is 0 Å². The molecule has 0 unspecified atom stereocenters. The number of anilines is 2. The van der Waals surface area contributed by atoms with E-state index in [0.29, 0.717) is 35.3 Å². The maximum absolute atomic E-state index is 12.6. The number of fused-ring (bicyclic) bond motifs is 1. The normalized spacial score (nSPS) is 13.8. The summed E-state index contributed by atoms with van der Waals surface area (Å²) in [5.74, 6) is 0.315. The Labute approximate surface area is 145 Å². The third kappa shape index (κ3) is 3.32. The maximum Gasteiger partial charge on any atom is 0.261 e. The van der Waals surface area contributed by atoms with Crippen LogP contribution in [0.2, 0.25) is 5.02 Å². The number of sulfonamides is 1. The van der Waals surface area contributed by atoms with Crippen LogP contribution in [0.1, 0.15) is 6.92 Å². The van der Waals surface area contributed by atoms with Crippen LogP contribution in [0.3, 0.4) is 0 Å². The molecule has 2 aromatic carbocycles. The predicted octanol–water partition coefficient (Wildman–Crippen LogP) is 2.89. The van der Waals surface area contributed by atoms with Crippen molar-refractivity contribution in [3.63, 3.8) is 0 Å². The number of ether oxygens (including phenoxy) is 1. The molecule has 1 heterocycles. The number of carbonyl (C=O) groups excluding carboxylic acids is 1. The van der Waals surface area contributed by atoms with Gasteiger partial charge in [0.15, 0.2) is 0 Å². The fourth-order valence-electron chi connectivity index (χ4n) is 2.46. The quantitative estimate of drug-likeness (QED) is 0.906. The van der Waals surface area contributed by atoms with Crippen LogP contribution in [0.4, 0.5) is 11.4 Å². The number of nitrogens with zero attached hydrogens (tertiary/aromatic N) is 1. The first-order chi connectivity index (χ1) is 11.4. The summed E-state index contributed by atoms with van der Waals surface area (Å²) in [5.41, 5.74) is 0.808. The highest BCUT2D eigenvalue weighted by molar-refractivity contribution is 7.92. The number of hydrogen-bond acceptors (Lipinski definition) is 4. The average molecular weight is 367 g/mol. The zero-order valence-corrected chi connectivity index (χ0v) is 14.4. The van der Waals surface area contributed by atoms with Crippen molar-refractivity contribution in [2.24, 2.45) is 0 Å². The molecule has 2 aromatic rings. The summed E-state index contributed by atoms with van der Waals surface area (Å²) in [6.45, 7) is 2.19. The first-order valence-electron chi connectivity index (χ1n) is 7.20. The molecule has 0 radical (unpaired) electrons. The van der Waals surface area contributed by atoms with Gasteiger partial charge in [-0.05, 0) is 36.4 Å². The fraction of sp³-hybridized carbons (Fsp3) is 0.188. The SMILES string of the molecule is CC(=O)N1CCOc2ccc(S(=O)(=O)Nc3cccc(Cl)c3)cc21. The number of hydrogen-bond donors (Lipinski definition) is 1. The van der Waals surface area contributed by atoms with Gasteiger partial charge in [0.25, 0.3) is 10.0 Å². The molecule has 0 spiro atoms. The van der Waals surface area contributed by atoms with E-state index in [-0.39, 0.29) is 10.8 Å². The Morgan fingerprint density at radius 2 is 2.04 bits per heavy atom. The molecule has 0 saturated carbocycles. The predicted molar refractivity (Wildman–Crippen MR) is 92.2 cm³/mol. The number of nitrogens with one attached hydrogen (secondary N) is 1. The average Bonchev–Trinajstić information content (AvgIpc) is 2.53. The Balaban J connectivity index is 1.97. The molecule has 0 atom stereocenters. The number of rotatable bonds is 3. The van der Waals surface area contributed by atoms with Crippen LogP contribution < -0.4 is 14.4 Å². The van der Waals surface area contributed by atoms with Crippen molar-refractivity contribution in [2.45, 2.75) is 11.8 Å². The Kier molecular flexibility index (Phi) is 4.38. The summed E-state index contributed by atoms with van der Waals surface area (Å²) < 4.78 is 33.1. The monoisotopic (exact) mass is 366 g/mol. The van der Waals surface area contributed by atoms with Crippen LogP contribution >= 0.6 is 11.6 Å². The Hall–Kier alpha value is -2.25. The first kappa shape index (κ1) is 16.6. The Bertz CT molecular complexity index is 899. The van der Waals surface area contributed by atoms with Crippen LogP contribution in [0, 0.1) is 0 Å². The van der Waals surface area contributed by atoms with Crippen LogP contribution in [0.5, 0.6) is 5.75 Å². The van der Waals surface area contributed by atoms with Gasteiger partial charge >= 0.3 is 0 Å². The lowest BCUT2D eigenvalue weighted by molar-refractivity contribution is -0.116. The van der Waals surface area contributed by atoms with Crippen molar-refractivity contribution in [1.82, 2.24) is 0 Å². The molecule has 1 aliphatic rings.